The van der Waals surface area contributed by atoms with Gasteiger partial charge in [-0.25, -0.2) is 0 Å². The summed E-state index contributed by atoms with van der Waals surface area (Å²) in [5.41, 5.74) is 8.45. The van der Waals surface area contributed by atoms with Crippen LogP contribution in [0.3, 0.4) is 0 Å². The fourth-order valence-electron chi connectivity index (χ4n) is 5.74. The van der Waals surface area contributed by atoms with E-state index in [1.54, 1.807) is 0 Å². The molecule has 1 aliphatic carbocycles. The van der Waals surface area contributed by atoms with Crippen LogP contribution in [0.5, 0.6) is 0 Å². The molecule has 31 heavy (non-hydrogen) atoms. The lowest BCUT2D eigenvalue weighted by molar-refractivity contribution is -0.135. The summed E-state index contributed by atoms with van der Waals surface area (Å²) in [6.45, 7) is 6.22. The van der Waals surface area contributed by atoms with E-state index in [0.717, 1.165) is 42.5 Å². The van der Waals surface area contributed by atoms with Gasteiger partial charge in [0.2, 0.25) is 5.91 Å². The molecular formula is C26H36N4O. The summed E-state index contributed by atoms with van der Waals surface area (Å²) >= 11 is 0. The first-order valence-corrected chi connectivity index (χ1v) is 11.7. The van der Waals surface area contributed by atoms with E-state index in [0.29, 0.717) is 17.7 Å². The third kappa shape index (κ3) is 4.56. The number of nitrogens with one attached hydrogen (secondary N) is 1. The Morgan fingerprint density at radius 2 is 1.97 bits per heavy atom. The molecule has 2 aromatic rings. The number of carbonyl (C=O) groups is 1. The molecule has 0 spiro atoms. The topological polar surface area (TPSA) is 75.1 Å². The van der Waals surface area contributed by atoms with Crippen molar-refractivity contribution in [1.82, 2.24) is 9.47 Å². The third-order valence-corrected chi connectivity index (χ3v) is 7.34. The molecule has 0 bridgehead atoms. The number of carbonyl (C=O) groups excluding carboxylic acids is 1. The van der Waals surface area contributed by atoms with Crippen molar-refractivity contribution < 1.29 is 4.79 Å². The molecule has 166 valence electrons. The molecule has 4 rings (SSSR count). The average Bonchev–Trinajstić information content (AvgIpc) is 3.29. The summed E-state index contributed by atoms with van der Waals surface area (Å²) in [5, 5.41) is 8.68. The SMILES string of the molecule is CC1(C)CC(Cn2ccc3cc(/C(C=N)=C/N)ccc32)CN1C(=O)CC1CCCCC1. The minimum Gasteiger partial charge on any atom is -0.404 e. The number of nitrogens with zero attached hydrogens (tertiary/aromatic N) is 2. The number of hydrogen-bond acceptors (Lipinski definition) is 3. The van der Waals surface area contributed by atoms with Gasteiger partial charge in [0, 0.05) is 60.1 Å². The standard InChI is InChI=1S/C26H36N4O/c1-26(2)14-20(18-30(26)25(31)12-19-6-4-3-5-7-19)17-29-11-10-22-13-21(8-9-24(22)29)23(15-27)16-28/h8-11,13,15-16,19-20,27H,3-7,12,14,17-18,28H2,1-2H3/b23-16+,27-15?. The summed E-state index contributed by atoms with van der Waals surface area (Å²) in [4.78, 5) is 15.3. The smallest absolute Gasteiger partial charge is 0.223 e. The largest absolute Gasteiger partial charge is 0.404 e. The quantitative estimate of drug-likeness (QED) is 0.631. The van der Waals surface area contributed by atoms with Gasteiger partial charge in [-0.15, -0.1) is 0 Å². The lowest BCUT2D eigenvalue weighted by Gasteiger charge is -2.33. The molecule has 1 saturated carbocycles. The molecule has 1 aromatic carbocycles. The normalized spacial score (nSPS) is 22.2. The third-order valence-electron chi connectivity index (χ3n) is 7.34. The number of rotatable bonds is 6. The van der Waals surface area contributed by atoms with Gasteiger partial charge in [0.1, 0.15) is 0 Å². The lowest BCUT2D eigenvalue weighted by Crippen LogP contribution is -2.43. The lowest BCUT2D eigenvalue weighted by atomic mass is 9.86. The van der Waals surface area contributed by atoms with Crippen LogP contribution in [0.2, 0.25) is 0 Å². The van der Waals surface area contributed by atoms with Crippen LogP contribution in [0.15, 0.2) is 36.7 Å². The Labute approximate surface area is 185 Å². The monoisotopic (exact) mass is 420 g/mol. The van der Waals surface area contributed by atoms with Crippen LogP contribution in [0.4, 0.5) is 0 Å². The number of hydrogen-bond donors (Lipinski definition) is 2. The number of fused-ring (bicyclic) bond motifs is 1. The van der Waals surface area contributed by atoms with Gasteiger partial charge in [-0.05, 0) is 68.7 Å². The minimum atomic E-state index is -0.0721. The molecule has 2 heterocycles. The van der Waals surface area contributed by atoms with E-state index in [2.05, 4.69) is 47.7 Å². The predicted octanol–water partition coefficient (Wildman–Crippen LogP) is 5.19. The van der Waals surface area contributed by atoms with Gasteiger partial charge < -0.3 is 20.6 Å². The van der Waals surface area contributed by atoms with Gasteiger partial charge in [0.25, 0.3) is 0 Å². The fraction of sp³-hybridized carbons (Fsp3) is 0.538. The van der Waals surface area contributed by atoms with Crippen LogP contribution in [0.1, 0.15) is 64.4 Å². The maximum Gasteiger partial charge on any atom is 0.223 e. The number of aromatic nitrogens is 1. The molecule has 1 aliphatic heterocycles. The van der Waals surface area contributed by atoms with E-state index in [1.165, 1.54) is 50.0 Å². The summed E-state index contributed by atoms with van der Waals surface area (Å²) in [5.74, 6) is 1.41. The van der Waals surface area contributed by atoms with Crippen LogP contribution < -0.4 is 5.73 Å². The van der Waals surface area contributed by atoms with Gasteiger partial charge in [-0.2, -0.15) is 0 Å². The first kappa shape index (κ1) is 21.7. The van der Waals surface area contributed by atoms with E-state index < -0.39 is 0 Å². The van der Waals surface area contributed by atoms with Gasteiger partial charge >= 0.3 is 0 Å². The molecule has 0 radical (unpaired) electrons. The van der Waals surface area contributed by atoms with Gasteiger partial charge in [-0.1, -0.05) is 25.3 Å². The predicted molar refractivity (Wildman–Crippen MR) is 128 cm³/mol. The minimum absolute atomic E-state index is 0.0721. The van der Waals surface area contributed by atoms with E-state index >= 15 is 0 Å². The first-order chi connectivity index (χ1) is 14.9. The van der Waals surface area contributed by atoms with Crippen molar-refractivity contribution in [3.63, 3.8) is 0 Å². The Balaban J connectivity index is 1.45. The highest BCUT2D eigenvalue weighted by Gasteiger charge is 2.41. The second-order valence-corrected chi connectivity index (χ2v) is 10.1. The van der Waals surface area contributed by atoms with E-state index in [-0.39, 0.29) is 5.54 Å². The van der Waals surface area contributed by atoms with Crippen LogP contribution in [0.25, 0.3) is 16.5 Å². The Kier molecular flexibility index (Phi) is 6.22. The molecule has 1 saturated heterocycles. The van der Waals surface area contributed by atoms with Crippen molar-refractivity contribution in [2.45, 2.75) is 70.9 Å². The molecule has 1 amide bonds. The second kappa shape index (κ2) is 8.89. The number of allylic oxidation sites excluding steroid dienone is 1. The summed E-state index contributed by atoms with van der Waals surface area (Å²) in [6.07, 6.45) is 13.0. The molecule has 1 aromatic heterocycles. The molecule has 1 atom stereocenters. The number of likely N-dealkylation sites (tertiary alicyclic amines) is 1. The van der Waals surface area contributed by atoms with Gasteiger partial charge in [-0.3, -0.25) is 4.79 Å². The van der Waals surface area contributed by atoms with Crippen molar-refractivity contribution in [3.8, 4) is 0 Å². The number of nitrogens with two attached hydrogens (primary N) is 1. The number of amides is 1. The Bertz CT molecular complexity index is 980. The summed E-state index contributed by atoms with van der Waals surface area (Å²) < 4.78 is 2.31. The molecule has 5 heteroatoms. The Morgan fingerprint density at radius 3 is 2.68 bits per heavy atom. The summed E-state index contributed by atoms with van der Waals surface area (Å²) in [6, 6.07) is 8.36. The highest BCUT2D eigenvalue weighted by molar-refractivity contribution is 6.09. The van der Waals surface area contributed by atoms with Crippen LogP contribution in [-0.4, -0.2) is 33.7 Å². The fourth-order valence-corrected chi connectivity index (χ4v) is 5.74. The van der Waals surface area contributed by atoms with Crippen LogP contribution in [0, 0.1) is 17.2 Å². The van der Waals surface area contributed by atoms with Crippen LogP contribution in [-0.2, 0) is 11.3 Å². The maximum atomic E-state index is 13.1. The van der Waals surface area contributed by atoms with Crippen LogP contribution >= 0.6 is 0 Å². The zero-order valence-electron chi connectivity index (χ0n) is 18.9. The zero-order valence-corrected chi connectivity index (χ0v) is 18.9. The zero-order chi connectivity index (χ0) is 22.0. The molecule has 2 fully saturated rings. The summed E-state index contributed by atoms with van der Waals surface area (Å²) in [7, 11) is 0. The second-order valence-electron chi connectivity index (χ2n) is 10.1. The number of benzene rings is 1. The maximum absolute atomic E-state index is 13.1. The Morgan fingerprint density at radius 1 is 1.19 bits per heavy atom. The molecule has 2 aliphatic rings. The van der Waals surface area contributed by atoms with E-state index in [1.807, 2.05) is 6.07 Å². The van der Waals surface area contributed by atoms with Crippen molar-refractivity contribution in [1.29, 1.82) is 5.41 Å². The molecule has 3 N–H and O–H groups in total. The van der Waals surface area contributed by atoms with Gasteiger partial charge in [0.15, 0.2) is 0 Å². The van der Waals surface area contributed by atoms with Crippen molar-refractivity contribution in [3.05, 3.63) is 42.2 Å². The molecular weight excluding hydrogens is 384 g/mol. The van der Waals surface area contributed by atoms with E-state index in [4.69, 9.17) is 11.1 Å². The van der Waals surface area contributed by atoms with Crippen molar-refractivity contribution in [2.24, 2.45) is 17.6 Å². The highest BCUT2D eigenvalue weighted by Crippen LogP contribution is 2.36. The molecule has 1 unspecified atom stereocenters. The van der Waals surface area contributed by atoms with E-state index in [9.17, 15) is 4.79 Å². The van der Waals surface area contributed by atoms with Crippen molar-refractivity contribution in [2.75, 3.05) is 6.54 Å². The van der Waals surface area contributed by atoms with Crippen molar-refractivity contribution >= 4 is 28.6 Å². The average molecular weight is 421 g/mol. The van der Waals surface area contributed by atoms with Gasteiger partial charge in [0.05, 0.1) is 0 Å². The highest BCUT2D eigenvalue weighted by atomic mass is 16.2. The first-order valence-electron chi connectivity index (χ1n) is 11.7. The Hall–Kier alpha value is -2.56. The molecule has 5 nitrogen and oxygen atoms in total.